The predicted molar refractivity (Wildman–Crippen MR) is 86.3 cm³/mol. The van der Waals surface area contributed by atoms with Crippen molar-refractivity contribution in [2.75, 3.05) is 0 Å². The maximum absolute atomic E-state index is 6.28. The summed E-state index contributed by atoms with van der Waals surface area (Å²) in [6, 6.07) is 14.3. The van der Waals surface area contributed by atoms with Gasteiger partial charge in [0.15, 0.2) is 0 Å². The molecule has 3 rings (SSSR count). The molecule has 2 unspecified atom stereocenters. The van der Waals surface area contributed by atoms with Crippen LogP contribution >= 0.6 is 0 Å². The van der Waals surface area contributed by atoms with E-state index in [-0.39, 0.29) is 20.1 Å². The van der Waals surface area contributed by atoms with E-state index in [2.05, 4.69) is 30.1 Å². The normalized spacial score (nSPS) is 21.0. The Morgan fingerprint density at radius 1 is 1.09 bits per heavy atom. The van der Waals surface area contributed by atoms with E-state index in [9.17, 15) is 0 Å². The summed E-state index contributed by atoms with van der Waals surface area (Å²) in [6.07, 6.45) is 8.55. The number of benzene rings is 1. The van der Waals surface area contributed by atoms with Crippen LogP contribution in [0.5, 0.6) is 5.75 Å². The second kappa shape index (κ2) is 8.45. The van der Waals surface area contributed by atoms with Gasteiger partial charge in [-0.2, -0.15) is 0 Å². The zero-order valence-corrected chi connectivity index (χ0v) is 15.4. The molecule has 1 radical (unpaired) electrons. The average molecular weight is 474 g/mol. The first-order chi connectivity index (χ1) is 10.4. The SMILES string of the molecule is CCC1CCCCC1Oc1ccnc(-c2ccccc2)c1.[Ir]. The van der Waals surface area contributed by atoms with Crippen LogP contribution in [-0.2, 0) is 20.1 Å². The number of hydrogen-bond acceptors (Lipinski definition) is 2. The summed E-state index contributed by atoms with van der Waals surface area (Å²) >= 11 is 0. The topological polar surface area (TPSA) is 22.1 Å². The summed E-state index contributed by atoms with van der Waals surface area (Å²) < 4.78 is 6.28. The molecule has 2 atom stereocenters. The molecule has 2 nitrogen and oxygen atoms in total. The largest absolute Gasteiger partial charge is 0.490 e. The van der Waals surface area contributed by atoms with Crippen LogP contribution in [0.3, 0.4) is 0 Å². The molecule has 2 aromatic rings. The fourth-order valence-corrected chi connectivity index (χ4v) is 3.22. The van der Waals surface area contributed by atoms with Gasteiger partial charge < -0.3 is 4.74 Å². The van der Waals surface area contributed by atoms with E-state index in [1.165, 1.54) is 32.1 Å². The standard InChI is InChI=1S/C19H23NO.Ir/c1-2-15-8-6-7-11-19(15)21-17-12-13-20-18(14-17)16-9-4-3-5-10-16;/h3-5,9-10,12-15,19H,2,6-8,11H2,1H3;. The van der Waals surface area contributed by atoms with Crippen molar-refractivity contribution < 1.29 is 24.8 Å². The Morgan fingerprint density at radius 3 is 2.64 bits per heavy atom. The molecule has 22 heavy (non-hydrogen) atoms. The van der Waals surface area contributed by atoms with E-state index < -0.39 is 0 Å². The van der Waals surface area contributed by atoms with E-state index in [4.69, 9.17) is 4.74 Å². The first-order valence-electron chi connectivity index (χ1n) is 8.05. The number of ether oxygens (including phenoxy) is 1. The van der Waals surface area contributed by atoms with Crippen LogP contribution in [0.4, 0.5) is 0 Å². The molecule has 1 heterocycles. The van der Waals surface area contributed by atoms with Crippen LogP contribution in [0.2, 0.25) is 0 Å². The van der Waals surface area contributed by atoms with Crippen molar-refractivity contribution in [3.05, 3.63) is 48.7 Å². The molecule has 1 aliphatic carbocycles. The van der Waals surface area contributed by atoms with Crippen molar-refractivity contribution in [3.63, 3.8) is 0 Å². The Balaban J connectivity index is 0.00000176. The summed E-state index contributed by atoms with van der Waals surface area (Å²) in [6.45, 7) is 2.27. The van der Waals surface area contributed by atoms with Crippen LogP contribution in [0, 0.1) is 5.92 Å². The molecule has 0 saturated heterocycles. The molecule has 1 fully saturated rings. The van der Waals surface area contributed by atoms with Crippen molar-refractivity contribution in [1.82, 2.24) is 4.98 Å². The van der Waals surface area contributed by atoms with Gasteiger partial charge in [0.25, 0.3) is 0 Å². The molecule has 0 amide bonds. The molecular formula is C19H23IrNO. The third-order valence-electron chi connectivity index (χ3n) is 4.45. The molecule has 3 heteroatoms. The number of rotatable bonds is 4. The van der Waals surface area contributed by atoms with Gasteiger partial charge >= 0.3 is 0 Å². The fraction of sp³-hybridized carbons (Fsp3) is 0.421. The van der Waals surface area contributed by atoms with Crippen molar-refractivity contribution in [1.29, 1.82) is 0 Å². The second-order valence-corrected chi connectivity index (χ2v) is 5.85. The Kier molecular flexibility index (Phi) is 6.60. The third-order valence-corrected chi connectivity index (χ3v) is 4.45. The van der Waals surface area contributed by atoms with E-state index in [1.807, 2.05) is 30.5 Å². The molecule has 0 spiro atoms. The van der Waals surface area contributed by atoms with E-state index in [0.717, 1.165) is 17.0 Å². The van der Waals surface area contributed by atoms with Crippen LogP contribution in [-0.4, -0.2) is 11.1 Å². The van der Waals surface area contributed by atoms with Crippen molar-refractivity contribution in [2.24, 2.45) is 5.92 Å². The van der Waals surface area contributed by atoms with Crippen LogP contribution in [0.25, 0.3) is 11.3 Å². The second-order valence-electron chi connectivity index (χ2n) is 5.85. The van der Waals surface area contributed by atoms with E-state index >= 15 is 0 Å². The summed E-state index contributed by atoms with van der Waals surface area (Å²) in [7, 11) is 0. The zero-order valence-electron chi connectivity index (χ0n) is 13.0. The number of hydrogen-bond donors (Lipinski definition) is 0. The molecule has 0 N–H and O–H groups in total. The van der Waals surface area contributed by atoms with Gasteiger partial charge in [0.05, 0.1) is 5.69 Å². The number of aromatic nitrogens is 1. The van der Waals surface area contributed by atoms with Crippen molar-refractivity contribution >= 4 is 0 Å². The van der Waals surface area contributed by atoms with Crippen LogP contribution in [0.15, 0.2) is 48.7 Å². The molecule has 1 saturated carbocycles. The van der Waals surface area contributed by atoms with Crippen LogP contribution in [0.1, 0.15) is 39.0 Å². The maximum atomic E-state index is 6.28. The predicted octanol–water partition coefficient (Wildman–Crippen LogP) is 5.09. The summed E-state index contributed by atoms with van der Waals surface area (Å²) in [5, 5.41) is 0. The van der Waals surface area contributed by atoms with Gasteiger partial charge in [0.1, 0.15) is 11.9 Å². The van der Waals surface area contributed by atoms with Gasteiger partial charge in [-0.25, -0.2) is 0 Å². The monoisotopic (exact) mass is 474 g/mol. The zero-order chi connectivity index (χ0) is 14.5. The summed E-state index contributed by atoms with van der Waals surface area (Å²) in [5.74, 6) is 1.65. The molecule has 119 valence electrons. The first kappa shape index (κ1) is 17.2. The van der Waals surface area contributed by atoms with E-state index in [1.54, 1.807) is 0 Å². The Morgan fingerprint density at radius 2 is 1.86 bits per heavy atom. The summed E-state index contributed by atoms with van der Waals surface area (Å²) in [4.78, 5) is 4.46. The van der Waals surface area contributed by atoms with Gasteiger partial charge in [-0.15, -0.1) is 0 Å². The smallest absolute Gasteiger partial charge is 0.123 e. The van der Waals surface area contributed by atoms with Gasteiger partial charge in [-0.05, 0) is 37.7 Å². The maximum Gasteiger partial charge on any atom is 0.123 e. The number of nitrogens with zero attached hydrogens (tertiary/aromatic N) is 1. The number of pyridine rings is 1. The molecule has 1 aliphatic rings. The Bertz CT molecular complexity index is 573. The average Bonchev–Trinajstić information content (AvgIpc) is 2.56. The van der Waals surface area contributed by atoms with Crippen LogP contribution < -0.4 is 4.74 Å². The van der Waals surface area contributed by atoms with Gasteiger partial charge in [-0.3, -0.25) is 4.98 Å². The quantitative estimate of drug-likeness (QED) is 0.617. The van der Waals surface area contributed by atoms with Gasteiger partial charge in [0.2, 0.25) is 0 Å². The summed E-state index contributed by atoms with van der Waals surface area (Å²) in [5.41, 5.74) is 2.12. The fourth-order valence-electron chi connectivity index (χ4n) is 3.22. The minimum atomic E-state index is 0. The molecule has 1 aromatic heterocycles. The molecular weight excluding hydrogens is 450 g/mol. The van der Waals surface area contributed by atoms with Gasteiger partial charge in [0, 0.05) is 37.9 Å². The first-order valence-corrected chi connectivity index (χ1v) is 8.05. The van der Waals surface area contributed by atoms with E-state index in [0.29, 0.717) is 12.0 Å². The van der Waals surface area contributed by atoms with Gasteiger partial charge in [-0.1, -0.05) is 43.7 Å². The minimum Gasteiger partial charge on any atom is -0.490 e. The Hall–Kier alpha value is -1.18. The molecule has 1 aromatic carbocycles. The Labute approximate surface area is 146 Å². The molecule has 0 aliphatic heterocycles. The molecule has 0 bridgehead atoms. The minimum absolute atomic E-state index is 0. The third kappa shape index (κ3) is 4.18. The van der Waals surface area contributed by atoms with Crippen molar-refractivity contribution in [3.8, 4) is 17.0 Å². The van der Waals surface area contributed by atoms with Crippen molar-refractivity contribution in [2.45, 2.75) is 45.1 Å².